The van der Waals surface area contributed by atoms with Crippen molar-refractivity contribution in [2.45, 2.75) is 27.2 Å². The van der Waals surface area contributed by atoms with Crippen molar-refractivity contribution in [2.24, 2.45) is 12.8 Å². The number of aliphatic carboxylic acids is 1. The number of benzene rings is 3. The van der Waals surface area contributed by atoms with Crippen LogP contribution in [-0.4, -0.2) is 33.9 Å². The van der Waals surface area contributed by atoms with Gasteiger partial charge < -0.3 is 20.1 Å². The fourth-order valence-electron chi connectivity index (χ4n) is 4.26. The first-order chi connectivity index (χ1) is 18.1. The van der Waals surface area contributed by atoms with Gasteiger partial charge in [0.1, 0.15) is 5.75 Å². The van der Waals surface area contributed by atoms with Crippen molar-refractivity contribution in [1.82, 2.24) is 4.57 Å². The minimum absolute atomic E-state index is 0.135. The van der Waals surface area contributed by atoms with E-state index in [1.165, 1.54) is 11.1 Å². The van der Waals surface area contributed by atoms with Crippen molar-refractivity contribution < 1.29 is 24.2 Å². The molecular formula is C31H32N2O5. The normalized spacial score (nSPS) is 11.4. The van der Waals surface area contributed by atoms with Crippen LogP contribution in [0.5, 0.6) is 5.75 Å². The number of nitrogens with zero attached hydrogens (tertiary/aromatic N) is 1. The van der Waals surface area contributed by atoms with E-state index >= 15 is 0 Å². The first kappa shape index (κ1) is 27.9. The van der Waals surface area contributed by atoms with Crippen LogP contribution in [-0.2, 0) is 23.1 Å². The topological polar surface area (TPSA) is 112 Å². The van der Waals surface area contributed by atoms with Gasteiger partial charge in [-0.3, -0.25) is 9.59 Å². The van der Waals surface area contributed by atoms with E-state index in [0.29, 0.717) is 22.0 Å². The number of hydrogen-bond donors (Lipinski definition) is 2. The van der Waals surface area contributed by atoms with Crippen molar-refractivity contribution in [1.29, 1.82) is 0 Å². The standard InChI is InChI=1S/C18H16N2O5.C13H16/c1-9-14(16(23)18(19)24)15-12(20(9)2)7-10-5-3-4-6-11(10)17(15)25-8-13(21)22;1-3-4-8-12(2)11-13-9-6-5-7-10-13/h3-7H,8H2,1-2H3,(H2,19,24)(H,21,22);3-10H,11H2,1-2H3/b;4-3-,12-8-. The lowest BCUT2D eigenvalue weighted by molar-refractivity contribution is -0.139. The Hall–Kier alpha value is -4.65. The molecule has 0 saturated heterocycles. The molecule has 196 valence electrons. The third kappa shape index (κ3) is 6.37. The second-order valence-electron chi connectivity index (χ2n) is 8.92. The highest BCUT2D eigenvalue weighted by molar-refractivity contribution is 6.45. The number of carbonyl (C=O) groups is 3. The van der Waals surface area contributed by atoms with Crippen LogP contribution >= 0.6 is 0 Å². The quantitative estimate of drug-likeness (QED) is 0.183. The lowest BCUT2D eigenvalue weighted by Crippen LogP contribution is -2.23. The Labute approximate surface area is 221 Å². The Morgan fingerprint density at radius 2 is 1.71 bits per heavy atom. The van der Waals surface area contributed by atoms with Crippen LogP contribution in [0.15, 0.2) is 84.5 Å². The summed E-state index contributed by atoms with van der Waals surface area (Å²) in [5, 5.41) is 10.8. The fraction of sp³-hybridized carbons (Fsp3) is 0.194. The number of primary amides is 1. The summed E-state index contributed by atoms with van der Waals surface area (Å²) in [4.78, 5) is 34.8. The van der Waals surface area contributed by atoms with Gasteiger partial charge in [0.15, 0.2) is 6.61 Å². The maximum atomic E-state index is 12.4. The Morgan fingerprint density at radius 3 is 2.34 bits per heavy atom. The van der Waals surface area contributed by atoms with E-state index in [1.807, 2.05) is 25.1 Å². The summed E-state index contributed by atoms with van der Waals surface area (Å²) in [6.07, 6.45) is 7.34. The lowest BCUT2D eigenvalue weighted by Gasteiger charge is -2.11. The largest absolute Gasteiger partial charge is 0.481 e. The predicted molar refractivity (Wildman–Crippen MR) is 151 cm³/mol. The van der Waals surface area contributed by atoms with Crippen molar-refractivity contribution in [2.75, 3.05) is 6.61 Å². The number of aryl methyl sites for hydroxylation is 1. The number of aromatic nitrogens is 1. The van der Waals surface area contributed by atoms with Crippen molar-refractivity contribution >= 4 is 39.3 Å². The number of amides is 1. The van der Waals surface area contributed by atoms with Crippen LogP contribution in [0.4, 0.5) is 0 Å². The molecule has 0 aliphatic heterocycles. The molecule has 1 amide bonds. The summed E-state index contributed by atoms with van der Waals surface area (Å²) in [6, 6.07) is 19.7. The van der Waals surface area contributed by atoms with Crippen LogP contribution in [0.3, 0.4) is 0 Å². The van der Waals surface area contributed by atoms with Gasteiger partial charge >= 0.3 is 5.97 Å². The molecule has 0 atom stereocenters. The molecule has 1 aromatic heterocycles. The molecule has 7 nitrogen and oxygen atoms in total. The number of allylic oxidation sites excluding steroid dienone is 4. The highest BCUT2D eigenvalue weighted by Gasteiger charge is 2.26. The van der Waals surface area contributed by atoms with Gasteiger partial charge in [-0.15, -0.1) is 0 Å². The third-order valence-electron chi connectivity index (χ3n) is 6.15. The average Bonchev–Trinajstić information content (AvgIpc) is 3.15. The van der Waals surface area contributed by atoms with Crippen LogP contribution in [0.2, 0.25) is 0 Å². The maximum Gasteiger partial charge on any atom is 0.341 e. The second kappa shape index (κ2) is 12.5. The SMILES string of the molecule is C/C=C\C=C(\C)Cc1ccccc1.Cc1c(C(=O)C(N)=O)c2c(OCC(=O)O)c3ccccc3cc2n1C. The van der Waals surface area contributed by atoms with Gasteiger partial charge in [0, 0.05) is 18.1 Å². The highest BCUT2D eigenvalue weighted by atomic mass is 16.5. The molecule has 0 aliphatic rings. The molecule has 4 aromatic rings. The maximum absolute atomic E-state index is 12.4. The highest BCUT2D eigenvalue weighted by Crippen LogP contribution is 2.39. The van der Waals surface area contributed by atoms with Crippen LogP contribution < -0.4 is 10.5 Å². The summed E-state index contributed by atoms with van der Waals surface area (Å²) < 4.78 is 7.27. The minimum atomic E-state index is -1.14. The molecule has 38 heavy (non-hydrogen) atoms. The number of nitrogens with two attached hydrogens (primary N) is 1. The molecule has 0 unspecified atom stereocenters. The van der Waals surface area contributed by atoms with Gasteiger partial charge in [-0.25, -0.2) is 4.79 Å². The van der Waals surface area contributed by atoms with Gasteiger partial charge in [0.2, 0.25) is 0 Å². The average molecular weight is 513 g/mol. The lowest BCUT2D eigenvalue weighted by atomic mass is 10.0. The molecule has 0 radical (unpaired) electrons. The third-order valence-corrected chi connectivity index (χ3v) is 6.15. The van der Waals surface area contributed by atoms with Crippen LogP contribution in [0.1, 0.15) is 35.5 Å². The van der Waals surface area contributed by atoms with E-state index in [2.05, 4.69) is 55.5 Å². The number of Topliss-reactive ketones (excluding diaryl/α,β-unsaturated/α-hetero) is 1. The molecule has 4 rings (SSSR count). The number of carbonyl (C=O) groups excluding carboxylic acids is 2. The summed E-state index contributed by atoms with van der Waals surface area (Å²) in [5.74, 6) is -2.80. The Kier molecular flexibility index (Phi) is 9.22. The second-order valence-corrected chi connectivity index (χ2v) is 8.92. The number of carboxylic acid groups (broad SMARTS) is 1. The number of ether oxygens (including phenoxy) is 1. The number of hydrogen-bond acceptors (Lipinski definition) is 4. The molecule has 0 aliphatic carbocycles. The van der Waals surface area contributed by atoms with Gasteiger partial charge in [-0.1, -0.05) is 78.4 Å². The molecule has 0 fully saturated rings. The molecular weight excluding hydrogens is 480 g/mol. The van der Waals surface area contributed by atoms with E-state index in [1.54, 1.807) is 30.7 Å². The zero-order valence-electron chi connectivity index (χ0n) is 22.0. The molecule has 0 spiro atoms. The van der Waals surface area contributed by atoms with E-state index < -0.39 is 24.3 Å². The number of ketones is 1. The van der Waals surface area contributed by atoms with Crippen molar-refractivity contribution in [3.63, 3.8) is 0 Å². The van der Waals surface area contributed by atoms with Gasteiger partial charge in [0.25, 0.3) is 11.7 Å². The summed E-state index contributed by atoms with van der Waals surface area (Å²) in [7, 11) is 1.76. The first-order valence-electron chi connectivity index (χ1n) is 12.2. The van der Waals surface area contributed by atoms with E-state index in [-0.39, 0.29) is 11.3 Å². The van der Waals surface area contributed by atoms with Crippen LogP contribution in [0.25, 0.3) is 21.7 Å². The minimum Gasteiger partial charge on any atom is -0.481 e. The van der Waals surface area contributed by atoms with E-state index in [4.69, 9.17) is 15.6 Å². The zero-order chi connectivity index (χ0) is 27.8. The molecule has 0 saturated carbocycles. The van der Waals surface area contributed by atoms with Crippen molar-refractivity contribution in [3.05, 3.63) is 101 Å². The van der Waals surface area contributed by atoms with Gasteiger partial charge in [0.05, 0.1) is 16.5 Å². The summed E-state index contributed by atoms with van der Waals surface area (Å²) in [6.45, 7) is 5.32. The fourth-order valence-corrected chi connectivity index (χ4v) is 4.26. The summed E-state index contributed by atoms with van der Waals surface area (Å²) in [5.41, 5.74) is 9.30. The van der Waals surface area contributed by atoms with Crippen molar-refractivity contribution in [3.8, 4) is 5.75 Å². The first-order valence-corrected chi connectivity index (χ1v) is 12.2. The molecule has 1 heterocycles. The Bertz CT molecular complexity index is 1550. The monoisotopic (exact) mass is 512 g/mol. The van der Waals surface area contributed by atoms with E-state index in [9.17, 15) is 14.4 Å². The number of rotatable bonds is 8. The predicted octanol–water partition coefficient (Wildman–Crippen LogP) is 5.52. The zero-order valence-corrected chi connectivity index (χ0v) is 22.0. The molecule has 7 heteroatoms. The Morgan fingerprint density at radius 1 is 1.05 bits per heavy atom. The van der Waals surface area contributed by atoms with Crippen LogP contribution in [0, 0.1) is 6.92 Å². The van der Waals surface area contributed by atoms with E-state index in [0.717, 1.165) is 11.8 Å². The molecule has 3 aromatic carbocycles. The Balaban J connectivity index is 0.000000260. The van der Waals surface area contributed by atoms with Gasteiger partial charge in [-0.2, -0.15) is 0 Å². The van der Waals surface area contributed by atoms with Gasteiger partial charge in [-0.05, 0) is 44.2 Å². The molecule has 3 N–H and O–H groups in total. The summed E-state index contributed by atoms with van der Waals surface area (Å²) >= 11 is 0. The number of carboxylic acids is 1. The number of fused-ring (bicyclic) bond motifs is 2. The smallest absolute Gasteiger partial charge is 0.341 e. The molecule has 0 bridgehead atoms.